The molecule has 0 aliphatic carbocycles. The summed E-state index contributed by atoms with van der Waals surface area (Å²) in [6.07, 6.45) is 0. The summed E-state index contributed by atoms with van der Waals surface area (Å²) >= 11 is 0. The highest BCUT2D eigenvalue weighted by Crippen LogP contribution is 2.18. The van der Waals surface area contributed by atoms with Crippen molar-refractivity contribution in [1.29, 1.82) is 0 Å². The lowest BCUT2D eigenvalue weighted by molar-refractivity contribution is 0.259. The molecule has 0 aliphatic rings. The first-order valence-electron chi connectivity index (χ1n) is 4.23. The van der Waals surface area contributed by atoms with E-state index in [4.69, 9.17) is 9.84 Å². The summed E-state index contributed by atoms with van der Waals surface area (Å²) in [6, 6.07) is 5.96. The van der Waals surface area contributed by atoms with Gasteiger partial charge >= 0.3 is 0 Å². The van der Waals surface area contributed by atoms with Crippen LogP contribution in [0.2, 0.25) is 0 Å². The lowest BCUT2D eigenvalue weighted by Gasteiger charge is -2.07. The maximum atomic E-state index is 8.56. The highest BCUT2D eigenvalue weighted by Gasteiger charge is 1.98. The lowest BCUT2D eigenvalue weighted by Crippen LogP contribution is -2.13. The van der Waals surface area contributed by atoms with Crippen LogP contribution in [-0.2, 0) is 6.54 Å². The van der Waals surface area contributed by atoms with Crippen LogP contribution in [0.3, 0.4) is 0 Å². The minimum Gasteiger partial charge on any atom is -0.496 e. The molecule has 0 heterocycles. The van der Waals surface area contributed by atoms with Gasteiger partial charge in [-0.1, -0.05) is 12.1 Å². The van der Waals surface area contributed by atoms with Gasteiger partial charge in [0.1, 0.15) is 5.75 Å². The topological polar surface area (TPSA) is 41.5 Å². The van der Waals surface area contributed by atoms with E-state index >= 15 is 0 Å². The van der Waals surface area contributed by atoms with Crippen LogP contribution < -0.4 is 10.1 Å². The predicted octanol–water partition coefficient (Wildman–Crippen LogP) is 1.04. The Morgan fingerprint density at radius 1 is 1.46 bits per heavy atom. The second-order valence-electron chi connectivity index (χ2n) is 2.89. The van der Waals surface area contributed by atoms with Crippen LogP contribution in [0.5, 0.6) is 5.75 Å². The molecular formula is C10H15NO2. The number of rotatable bonds is 4. The fourth-order valence-electron chi connectivity index (χ4n) is 1.25. The predicted molar refractivity (Wildman–Crippen MR) is 51.7 cm³/mol. The van der Waals surface area contributed by atoms with Crippen molar-refractivity contribution in [1.82, 2.24) is 5.32 Å². The van der Waals surface area contributed by atoms with E-state index in [2.05, 4.69) is 5.32 Å². The minimum atomic E-state index is 0.00504. The summed E-state index contributed by atoms with van der Waals surface area (Å²) in [5.41, 5.74) is 2.26. The second kappa shape index (κ2) is 4.84. The van der Waals surface area contributed by atoms with Gasteiger partial charge in [0, 0.05) is 6.54 Å². The molecule has 13 heavy (non-hydrogen) atoms. The van der Waals surface area contributed by atoms with Crippen molar-refractivity contribution >= 4 is 0 Å². The normalized spacial score (nSPS) is 10.1. The first-order valence-corrected chi connectivity index (χ1v) is 4.23. The van der Waals surface area contributed by atoms with Gasteiger partial charge < -0.3 is 9.84 Å². The number of nitrogens with one attached hydrogen (secondary N) is 1. The number of aliphatic hydroxyl groups is 1. The number of aliphatic hydroxyl groups excluding tert-OH is 1. The van der Waals surface area contributed by atoms with Gasteiger partial charge in [-0.05, 0) is 24.1 Å². The summed E-state index contributed by atoms with van der Waals surface area (Å²) in [5, 5.41) is 11.4. The number of methoxy groups -OCH3 is 1. The lowest BCUT2D eigenvalue weighted by atomic mass is 10.1. The van der Waals surface area contributed by atoms with Gasteiger partial charge in [0.05, 0.1) is 13.8 Å². The largest absolute Gasteiger partial charge is 0.496 e. The zero-order valence-corrected chi connectivity index (χ0v) is 8.00. The molecule has 0 saturated carbocycles. The quantitative estimate of drug-likeness (QED) is 0.682. The van der Waals surface area contributed by atoms with Gasteiger partial charge in [-0.2, -0.15) is 0 Å². The van der Waals surface area contributed by atoms with Crippen molar-refractivity contribution in [2.45, 2.75) is 13.5 Å². The number of hydrogen-bond donors (Lipinski definition) is 2. The molecule has 0 bridgehead atoms. The zero-order chi connectivity index (χ0) is 9.68. The van der Waals surface area contributed by atoms with E-state index in [0.29, 0.717) is 6.54 Å². The van der Waals surface area contributed by atoms with Crippen LogP contribution in [0.1, 0.15) is 11.1 Å². The van der Waals surface area contributed by atoms with Crippen molar-refractivity contribution in [3.63, 3.8) is 0 Å². The van der Waals surface area contributed by atoms with Crippen LogP contribution in [0, 0.1) is 6.92 Å². The zero-order valence-electron chi connectivity index (χ0n) is 8.00. The van der Waals surface area contributed by atoms with E-state index in [1.165, 1.54) is 0 Å². The monoisotopic (exact) mass is 181 g/mol. The van der Waals surface area contributed by atoms with E-state index in [9.17, 15) is 0 Å². The Kier molecular flexibility index (Phi) is 3.73. The molecule has 0 spiro atoms. The molecule has 0 fully saturated rings. The minimum absolute atomic E-state index is 0.00504. The van der Waals surface area contributed by atoms with E-state index in [1.807, 2.05) is 25.1 Å². The maximum absolute atomic E-state index is 8.56. The Balaban J connectivity index is 2.71. The summed E-state index contributed by atoms with van der Waals surface area (Å²) in [6.45, 7) is 2.69. The van der Waals surface area contributed by atoms with Crippen molar-refractivity contribution in [2.75, 3.05) is 13.8 Å². The Morgan fingerprint density at radius 2 is 2.23 bits per heavy atom. The van der Waals surface area contributed by atoms with Crippen molar-refractivity contribution < 1.29 is 9.84 Å². The molecule has 1 rings (SSSR count). The average Bonchev–Trinajstić information content (AvgIpc) is 2.15. The molecule has 0 aliphatic heterocycles. The fourth-order valence-corrected chi connectivity index (χ4v) is 1.25. The smallest absolute Gasteiger partial charge is 0.121 e. The summed E-state index contributed by atoms with van der Waals surface area (Å²) < 4.78 is 5.13. The van der Waals surface area contributed by atoms with Crippen LogP contribution >= 0.6 is 0 Å². The Bertz CT molecular complexity index is 274. The summed E-state index contributed by atoms with van der Waals surface area (Å²) in [4.78, 5) is 0. The number of hydrogen-bond acceptors (Lipinski definition) is 3. The summed E-state index contributed by atoms with van der Waals surface area (Å²) in [5.74, 6) is 0.896. The van der Waals surface area contributed by atoms with Crippen LogP contribution in [0.25, 0.3) is 0 Å². The molecule has 0 amide bonds. The van der Waals surface area contributed by atoms with Crippen LogP contribution in [0.15, 0.2) is 18.2 Å². The van der Waals surface area contributed by atoms with E-state index in [0.717, 1.165) is 16.9 Å². The highest BCUT2D eigenvalue weighted by atomic mass is 16.5. The average molecular weight is 181 g/mol. The molecule has 1 aromatic carbocycles. The molecule has 0 radical (unpaired) electrons. The van der Waals surface area contributed by atoms with Crippen molar-refractivity contribution in [3.8, 4) is 5.75 Å². The van der Waals surface area contributed by atoms with E-state index in [1.54, 1.807) is 7.11 Å². The number of benzene rings is 1. The highest BCUT2D eigenvalue weighted by molar-refractivity contribution is 5.36. The first-order chi connectivity index (χ1) is 6.27. The molecule has 72 valence electrons. The molecule has 0 unspecified atom stereocenters. The van der Waals surface area contributed by atoms with Gasteiger partial charge in [-0.25, -0.2) is 0 Å². The van der Waals surface area contributed by atoms with Gasteiger partial charge in [-0.3, -0.25) is 5.32 Å². The molecule has 1 aromatic rings. The summed E-state index contributed by atoms with van der Waals surface area (Å²) in [7, 11) is 1.66. The molecule has 2 N–H and O–H groups in total. The van der Waals surface area contributed by atoms with Gasteiger partial charge in [0.25, 0.3) is 0 Å². The maximum Gasteiger partial charge on any atom is 0.121 e. The molecule has 3 heteroatoms. The molecule has 0 atom stereocenters. The third-order valence-corrected chi connectivity index (χ3v) is 1.90. The van der Waals surface area contributed by atoms with E-state index in [-0.39, 0.29) is 6.73 Å². The van der Waals surface area contributed by atoms with Crippen molar-refractivity contribution in [2.24, 2.45) is 0 Å². The molecule has 0 aromatic heterocycles. The van der Waals surface area contributed by atoms with Gasteiger partial charge in [0.2, 0.25) is 0 Å². The van der Waals surface area contributed by atoms with E-state index < -0.39 is 0 Å². The molecule has 0 saturated heterocycles. The number of aryl methyl sites for hydroxylation is 1. The Labute approximate surface area is 78.3 Å². The van der Waals surface area contributed by atoms with Gasteiger partial charge in [0.15, 0.2) is 0 Å². The standard InChI is InChI=1S/C10H15NO2/c1-8-5-9(6-11-7-12)3-4-10(8)13-2/h3-5,11-12H,6-7H2,1-2H3. The molecular weight excluding hydrogens is 166 g/mol. The van der Waals surface area contributed by atoms with Gasteiger partial charge in [-0.15, -0.1) is 0 Å². The van der Waals surface area contributed by atoms with Crippen LogP contribution in [0.4, 0.5) is 0 Å². The molecule has 3 nitrogen and oxygen atoms in total. The Morgan fingerprint density at radius 3 is 2.77 bits per heavy atom. The fraction of sp³-hybridized carbons (Fsp3) is 0.400. The van der Waals surface area contributed by atoms with Crippen LogP contribution in [-0.4, -0.2) is 18.9 Å². The first kappa shape index (κ1) is 10.0. The third-order valence-electron chi connectivity index (χ3n) is 1.90. The Hall–Kier alpha value is -1.06. The second-order valence-corrected chi connectivity index (χ2v) is 2.89. The number of ether oxygens (including phenoxy) is 1. The third kappa shape index (κ3) is 2.72. The van der Waals surface area contributed by atoms with Crippen molar-refractivity contribution in [3.05, 3.63) is 29.3 Å². The SMILES string of the molecule is COc1ccc(CNCO)cc1C.